The minimum Gasteiger partial charge on any atom is -0.313 e. The molecule has 1 atom stereocenters. The molecular weight excluding hydrogens is 238 g/mol. The van der Waals surface area contributed by atoms with Gasteiger partial charge in [-0.2, -0.15) is 8.42 Å². The monoisotopic (exact) mass is 255 g/mol. The number of hydrogen-bond acceptors (Lipinski definition) is 3. The van der Waals surface area contributed by atoms with Crippen LogP contribution in [0, 0.1) is 0 Å². The van der Waals surface area contributed by atoms with Gasteiger partial charge >= 0.3 is 0 Å². The first-order chi connectivity index (χ1) is 8.04. The first-order valence-corrected chi connectivity index (χ1v) is 7.11. The van der Waals surface area contributed by atoms with Crippen molar-refractivity contribution in [3.8, 4) is 0 Å². The lowest BCUT2D eigenvalue weighted by Gasteiger charge is -2.22. The number of anilines is 1. The second-order valence-corrected chi connectivity index (χ2v) is 5.63. The number of hydrogen-bond donors (Lipinski definition) is 2. The van der Waals surface area contributed by atoms with Crippen LogP contribution in [0.25, 0.3) is 0 Å². The van der Waals surface area contributed by atoms with Crippen LogP contribution in [0.3, 0.4) is 0 Å². The molecule has 1 aromatic rings. The molecule has 5 nitrogen and oxygen atoms in total. The van der Waals surface area contributed by atoms with Gasteiger partial charge < -0.3 is 5.32 Å². The van der Waals surface area contributed by atoms with E-state index in [2.05, 4.69) is 5.32 Å². The Morgan fingerprint density at radius 1 is 1.41 bits per heavy atom. The Morgan fingerprint density at radius 3 is 2.76 bits per heavy atom. The van der Waals surface area contributed by atoms with Crippen molar-refractivity contribution in [1.29, 1.82) is 0 Å². The Hall–Kier alpha value is -1.11. The molecule has 1 aliphatic heterocycles. The number of para-hydroxylation sites is 1. The first-order valence-electron chi connectivity index (χ1n) is 5.60. The molecule has 1 unspecified atom stereocenters. The lowest BCUT2D eigenvalue weighted by molar-refractivity contribution is 0.543. The number of nitrogens with one attached hydrogen (secondary N) is 1. The molecule has 0 saturated carbocycles. The minimum atomic E-state index is -3.69. The quantitative estimate of drug-likeness (QED) is 0.819. The molecule has 0 amide bonds. The molecule has 2 rings (SSSR count). The van der Waals surface area contributed by atoms with Crippen LogP contribution in [0.1, 0.15) is 24.4 Å². The van der Waals surface area contributed by atoms with Crippen LogP contribution in [-0.4, -0.2) is 22.0 Å². The standard InChI is InChI=1S/C11H17N3O2S/c1-13-10-6-4-8-14(17(12,15)16)11-7-3-2-5-9(10)11/h2-3,5,7,10,13H,4,6,8H2,1H3,(H2,12,15,16). The summed E-state index contributed by atoms with van der Waals surface area (Å²) in [6.45, 7) is 0.439. The van der Waals surface area contributed by atoms with Crippen LogP contribution in [0.15, 0.2) is 24.3 Å². The summed E-state index contributed by atoms with van der Waals surface area (Å²) in [4.78, 5) is 0. The van der Waals surface area contributed by atoms with Gasteiger partial charge in [-0.3, -0.25) is 4.31 Å². The fraction of sp³-hybridized carbons (Fsp3) is 0.455. The molecule has 1 heterocycles. The number of rotatable bonds is 2. The highest BCUT2D eigenvalue weighted by Gasteiger charge is 2.26. The zero-order valence-corrected chi connectivity index (χ0v) is 10.6. The number of benzene rings is 1. The molecule has 94 valence electrons. The average Bonchev–Trinajstić information content (AvgIpc) is 2.47. The zero-order chi connectivity index (χ0) is 12.5. The van der Waals surface area contributed by atoms with Crippen molar-refractivity contribution in [2.45, 2.75) is 18.9 Å². The maximum atomic E-state index is 11.6. The number of nitrogens with two attached hydrogens (primary N) is 1. The van der Waals surface area contributed by atoms with Crippen LogP contribution >= 0.6 is 0 Å². The van der Waals surface area contributed by atoms with Gasteiger partial charge in [0.1, 0.15) is 0 Å². The largest absolute Gasteiger partial charge is 0.313 e. The minimum absolute atomic E-state index is 0.179. The molecule has 17 heavy (non-hydrogen) atoms. The van der Waals surface area contributed by atoms with Crippen molar-refractivity contribution in [2.24, 2.45) is 5.14 Å². The summed E-state index contributed by atoms with van der Waals surface area (Å²) in [6.07, 6.45) is 1.69. The summed E-state index contributed by atoms with van der Waals surface area (Å²) in [7, 11) is -1.81. The summed E-state index contributed by atoms with van der Waals surface area (Å²) < 4.78 is 24.5. The van der Waals surface area contributed by atoms with Crippen molar-refractivity contribution in [2.75, 3.05) is 17.9 Å². The molecule has 1 aromatic carbocycles. The van der Waals surface area contributed by atoms with Gasteiger partial charge in [0.05, 0.1) is 5.69 Å². The van der Waals surface area contributed by atoms with E-state index in [0.29, 0.717) is 12.2 Å². The molecule has 0 radical (unpaired) electrons. The molecule has 0 bridgehead atoms. The van der Waals surface area contributed by atoms with E-state index < -0.39 is 10.2 Å². The Balaban J connectivity index is 2.54. The summed E-state index contributed by atoms with van der Waals surface area (Å²) in [6, 6.07) is 7.67. The van der Waals surface area contributed by atoms with E-state index in [1.807, 2.05) is 25.2 Å². The van der Waals surface area contributed by atoms with E-state index >= 15 is 0 Å². The molecule has 1 aliphatic rings. The molecule has 6 heteroatoms. The molecule has 0 aliphatic carbocycles. The van der Waals surface area contributed by atoms with Crippen molar-refractivity contribution in [1.82, 2.24) is 5.32 Å². The first kappa shape index (κ1) is 12.3. The summed E-state index contributed by atoms with van der Waals surface area (Å²) in [5.41, 5.74) is 1.67. The van der Waals surface area contributed by atoms with Gasteiger partial charge in [0.15, 0.2) is 0 Å². The number of fused-ring (bicyclic) bond motifs is 1. The van der Waals surface area contributed by atoms with Gasteiger partial charge in [-0.05, 0) is 31.5 Å². The molecular formula is C11H17N3O2S. The molecule has 3 N–H and O–H groups in total. The predicted octanol–water partition coefficient (Wildman–Crippen LogP) is 0.751. The van der Waals surface area contributed by atoms with Gasteiger partial charge in [0.2, 0.25) is 0 Å². The smallest absolute Gasteiger partial charge is 0.299 e. The van der Waals surface area contributed by atoms with Crippen LogP contribution in [-0.2, 0) is 10.2 Å². The van der Waals surface area contributed by atoms with Crippen molar-refractivity contribution in [3.05, 3.63) is 29.8 Å². The SMILES string of the molecule is CNC1CCCN(S(N)(=O)=O)c2ccccc21. The topological polar surface area (TPSA) is 75.4 Å². The van der Waals surface area contributed by atoms with Gasteiger partial charge in [-0.15, -0.1) is 0 Å². The second kappa shape index (κ2) is 4.64. The lowest BCUT2D eigenvalue weighted by atomic mass is 10.0. The van der Waals surface area contributed by atoms with E-state index in [1.165, 1.54) is 4.31 Å². The predicted molar refractivity (Wildman–Crippen MR) is 67.9 cm³/mol. The van der Waals surface area contributed by atoms with E-state index in [4.69, 9.17) is 5.14 Å². The van der Waals surface area contributed by atoms with Crippen molar-refractivity contribution in [3.63, 3.8) is 0 Å². The van der Waals surface area contributed by atoms with Crippen LogP contribution in [0.2, 0.25) is 0 Å². The molecule has 0 spiro atoms. The maximum absolute atomic E-state index is 11.6. The third kappa shape index (κ3) is 2.43. The third-order valence-corrected chi connectivity index (χ3v) is 4.08. The molecule has 0 aromatic heterocycles. The van der Waals surface area contributed by atoms with E-state index in [0.717, 1.165) is 18.4 Å². The normalized spacial score (nSPS) is 20.8. The zero-order valence-electron chi connectivity index (χ0n) is 9.76. The van der Waals surface area contributed by atoms with E-state index in [-0.39, 0.29) is 6.04 Å². The van der Waals surface area contributed by atoms with Crippen molar-refractivity contribution < 1.29 is 8.42 Å². The average molecular weight is 255 g/mol. The highest BCUT2D eigenvalue weighted by molar-refractivity contribution is 7.90. The summed E-state index contributed by atoms with van der Waals surface area (Å²) in [5.74, 6) is 0. The highest BCUT2D eigenvalue weighted by Crippen LogP contribution is 2.33. The van der Waals surface area contributed by atoms with Crippen LogP contribution in [0.4, 0.5) is 5.69 Å². The Labute approximate surface area is 102 Å². The van der Waals surface area contributed by atoms with Crippen LogP contribution < -0.4 is 14.8 Å². The van der Waals surface area contributed by atoms with Gasteiger partial charge in [0, 0.05) is 12.6 Å². The van der Waals surface area contributed by atoms with E-state index in [1.54, 1.807) is 6.07 Å². The second-order valence-electron chi connectivity index (χ2n) is 4.16. The fourth-order valence-electron chi connectivity index (χ4n) is 2.29. The van der Waals surface area contributed by atoms with Crippen molar-refractivity contribution >= 4 is 15.9 Å². The summed E-state index contributed by atoms with van der Waals surface area (Å²) >= 11 is 0. The third-order valence-electron chi connectivity index (χ3n) is 3.09. The molecule has 0 fully saturated rings. The van der Waals surface area contributed by atoms with Crippen LogP contribution in [0.5, 0.6) is 0 Å². The van der Waals surface area contributed by atoms with Gasteiger partial charge in [0.25, 0.3) is 10.2 Å². The Bertz CT molecular complexity index is 501. The maximum Gasteiger partial charge on any atom is 0.299 e. The van der Waals surface area contributed by atoms with Gasteiger partial charge in [-0.1, -0.05) is 18.2 Å². The lowest BCUT2D eigenvalue weighted by Crippen LogP contribution is -2.37. The fourth-order valence-corrected chi connectivity index (χ4v) is 3.11. The highest BCUT2D eigenvalue weighted by atomic mass is 32.2. The molecule has 0 saturated heterocycles. The van der Waals surface area contributed by atoms with Gasteiger partial charge in [-0.25, -0.2) is 5.14 Å². The Morgan fingerprint density at radius 2 is 2.12 bits per heavy atom. The Kier molecular flexibility index (Phi) is 3.37. The summed E-state index contributed by atoms with van der Waals surface area (Å²) in [5, 5.41) is 8.47. The number of nitrogens with zero attached hydrogens (tertiary/aromatic N) is 1. The van der Waals surface area contributed by atoms with E-state index in [9.17, 15) is 8.42 Å².